The summed E-state index contributed by atoms with van der Waals surface area (Å²) in [4.78, 5) is 0. The van der Waals surface area contributed by atoms with Gasteiger partial charge in [0.05, 0.1) is 11.4 Å². The van der Waals surface area contributed by atoms with Crippen molar-refractivity contribution in [2.45, 2.75) is 33.7 Å². The Hall–Kier alpha value is -1.42. The zero-order valence-electron chi connectivity index (χ0n) is 11.7. The number of nitrogens with one attached hydrogen (secondary N) is 1. The summed E-state index contributed by atoms with van der Waals surface area (Å²) in [5.41, 5.74) is 0.165. The Morgan fingerprint density at radius 1 is 1.21 bits per heavy atom. The zero-order chi connectivity index (χ0) is 14.2. The number of furan rings is 1. The molecule has 0 spiro atoms. The SMILES string of the molecule is CCNC(c1cc2c(F)cc(F)cc2o1)C(C)(C)C. The molecular formula is C15H19F2NO. The summed E-state index contributed by atoms with van der Waals surface area (Å²) in [5, 5.41) is 3.65. The lowest BCUT2D eigenvalue weighted by Crippen LogP contribution is -2.31. The van der Waals surface area contributed by atoms with Crippen molar-refractivity contribution in [2.75, 3.05) is 6.54 Å². The second kappa shape index (κ2) is 4.93. The molecule has 0 saturated carbocycles. The molecule has 1 N–H and O–H groups in total. The van der Waals surface area contributed by atoms with Gasteiger partial charge in [0.1, 0.15) is 23.0 Å². The van der Waals surface area contributed by atoms with Gasteiger partial charge in [-0.3, -0.25) is 0 Å². The number of hydrogen-bond acceptors (Lipinski definition) is 2. The van der Waals surface area contributed by atoms with Crippen molar-refractivity contribution in [3.8, 4) is 0 Å². The highest BCUT2D eigenvalue weighted by Crippen LogP contribution is 2.36. The third-order valence-electron chi connectivity index (χ3n) is 3.13. The van der Waals surface area contributed by atoms with Crippen LogP contribution in [0.1, 0.15) is 39.5 Å². The van der Waals surface area contributed by atoms with E-state index < -0.39 is 11.6 Å². The summed E-state index contributed by atoms with van der Waals surface area (Å²) in [6.07, 6.45) is 0. The molecule has 0 saturated heterocycles. The average molecular weight is 267 g/mol. The molecule has 2 nitrogen and oxygen atoms in total. The topological polar surface area (TPSA) is 25.2 Å². The predicted octanol–water partition coefficient (Wildman–Crippen LogP) is 4.41. The Morgan fingerprint density at radius 3 is 2.47 bits per heavy atom. The minimum Gasteiger partial charge on any atom is -0.459 e. The van der Waals surface area contributed by atoms with Crippen LogP contribution < -0.4 is 5.32 Å². The Balaban J connectivity index is 2.52. The van der Waals surface area contributed by atoms with Gasteiger partial charge in [-0.2, -0.15) is 0 Å². The highest BCUT2D eigenvalue weighted by molar-refractivity contribution is 5.78. The second-order valence-corrected chi connectivity index (χ2v) is 5.80. The summed E-state index contributed by atoms with van der Waals surface area (Å²) in [6, 6.07) is 3.70. The molecule has 1 unspecified atom stereocenters. The van der Waals surface area contributed by atoms with Gasteiger partial charge in [-0.05, 0) is 18.0 Å². The van der Waals surface area contributed by atoms with Crippen molar-refractivity contribution >= 4 is 11.0 Å². The smallest absolute Gasteiger partial charge is 0.140 e. The van der Waals surface area contributed by atoms with Crippen LogP contribution in [-0.4, -0.2) is 6.54 Å². The molecule has 0 bridgehead atoms. The molecule has 1 atom stereocenters. The summed E-state index contributed by atoms with van der Waals surface area (Å²) in [5.74, 6) is -0.579. The van der Waals surface area contributed by atoms with E-state index in [0.29, 0.717) is 11.1 Å². The van der Waals surface area contributed by atoms with Crippen LogP contribution in [0.2, 0.25) is 0 Å². The molecular weight excluding hydrogens is 248 g/mol. The Labute approximate surface area is 111 Å². The number of halogens is 2. The first-order valence-corrected chi connectivity index (χ1v) is 6.44. The molecule has 2 rings (SSSR count). The van der Waals surface area contributed by atoms with Gasteiger partial charge in [-0.25, -0.2) is 8.78 Å². The van der Waals surface area contributed by atoms with E-state index in [2.05, 4.69) is 26.1 Å². The van der Waals surface area contributed by atoms with E-state index >= 15 is 0 Å². The zero-order valence-corrected chi connectivity index (χ0v) is 11.7. The summed E-state index contributed by atoms with van der Waals surface area (Å²) in [7, 11) is 0. The normalized spacial score (nSPS) is 14.0. The highest BCUT2D eigenvalue weighted by Gasteiger charge is 2.29. The van der Waals surface area contributed by atoms with Gasteiger partial charge in [0.25, 0.3) is 0 Å². The fraction of sp³-hybridized carbons (Fsp3) is 0.467. The molecule has 4 heteroatoms. The van der Waals surface area contributed by atoms with Crippen molar-refractivity contribution in [3.63, 3.8) is 0 Å². The van der Waals surface area contributed by atoms with Gasteiger partial charge in [0, 0.05) is 12.1 Å². The monoisotopic (exact) mass is 267 g/mol. The number of fused-ring (bicyclic) bond motifs is 1. The quantitative estimate of drug-likeness (QED) is 0.891. The average Bonchev–Trinajstić information content (AvgIpc) is 2.67. The van der Waals surface area contributed by atoms with Gasteiger partial charge in [0.2, 0.25) is 0 Å². The largest absolute Gasteiger partial charge is 0.459 e. The van der Waals surface area contributed by atoms with Crippen molar-refractivity contribution in [1.82, 2.24) is 5.32 Å². The summed E-state index contributed by atoms with van der Waals surface area (Å²) in [6.45, 7) is 9.00. The third kappa shape index (κ3) is 2.78. The molecule has 0 amide bonds. The lowest BCUT2D eigenvalue weighted by molar-refractivity contribution is 0.244. The molecule has 1 aromatic heterocycles. The van der Waals surface area contributed by atoms with Crippen molar-refractivity contribution in [1.29, 1.82) is 0 Å². The molecule has 0 aliphatic carbocycles. The molecule has 1 heterocycles. The maximum absolute atomic E-state index is 13.7. The molecule has 0 aliphatic heterocycles. The van der Waals surface area contributed by atoms with Crippen molar-refractivity contribution in [3.05, 3.63) is 35.6 Å². The van der Waals surface area contributed by atoms with Crippen LogP contribution in [0.4, 0.5) is 8.78 Å². The van der Waals surface area contributed by atoms with Crippen molar-refractivity contribution < 1.29 is 13.2 Å². The standard InChI is InChI=1S/C15H19F2NO/c1-5-18-14(15(2,3)4)13-8-10-11(17)6-9(16)7-12(10)19-13/h6-8,14,18H,5H2,1-4H3. The van der Waals surface area contributed by atoms with E-state index in [4.69, 9.17) is 4.42 Å². The predicted molar refractivity (Wildman–Crippen MR) is 72.0 cm³/mol. The second-order valence-electron chi connectivity index (χ2n) is 5.80. The summed E-state index contributed by atoms with van der Waals surface area (Å²) >= 11 is 0. The Morgan fingerprint density at radius 2 is 1.89 bits per heavy atom. The van der Waals surface area contributed by atoms with E-state index in [1.54, 1.807) is 6.07 Å². The first-order valence-electron chi connectivity index (χ1n) is 6.44. The highest BCUT2D eigenvalue weighted by atomic mass is 19.1. The third-order valence-corrected chi connectivity index (χ3v) is 3.13. The maximum atomic E-state index is 13.7. The molecule has 1 aromatic carbocycles. The lowest BCUT2D eigenvalue weighted by Gasteiger charge is -2.29. The van der Waals surface area contributed by atoms with E-state index in [0.717, 1.165) is 12.6 Å². The van der Waals surface area contributed by atoms with Gasteiger partial charge < -0.3 is 9.73 Å². The van der Waals surface area contributed by atoms with Crippen LogP contribution in [0.15, 0.2) is 22.6 Å². The minimum absolute atomic E-state index is 0.0487. The Kier molecular flexibility index (Phi) is 3.63. The molecule has 104 valence electrons. The number of rotatable bonds is 3. The van der Waals surface area contributed by atoms with E-state index in [9.17, 15) is 8.78 Å². The molecule has 0 fully saturated rings. The van der Waals surface area contributed by atoms with Crippen molar-refractivity contribution in [2.24, 2.45) is 5.41 Å². The van der Waals surface area contributed by atoms with Crippen LogP contribution in [-0.2, 0) is 0 Å². The van der Waals surface area contributed by atoms with Crippen LogP contribution in [0.5, 0.6) is 0 Å². The maximum Gasteiger partial charge on any atom is 0.140 e. The molecule has 0 aliphatic rings. The van der Waals surface area contributed by atoms with Crippen LogP contribution >= 0.6 is 0 Å². The van der Waals surface area contributed by atoms with Gasteiger partial charge in [-0.1, -0.05) is 27.7 Å². The molecule has 19 heavy (non-hydrogen) atoms. The minimum atomic E-state index is -0.623. The number of hydrogen-bond donors (Lipinski definition) is 1. The van der Waals surface area contributed by atoms with Gasteiger partial charge in [0.15, 0.2) is 0 Å². The van der Waals surface area contributed by atoms with Crippen LogP contribution in [0.3, 0.4) is 0 Å². The fourth-order valence-electron chi connectivity index (χ4n) is 2.26. The summed E-state index contributed by atoms with van der Waals surface area (Å²) < 4.78 is 32.5. The van der Waals surface area contributed by atoms with Crippen LogP contribution in [0, 0.1) is 17.0 Å². The fourth-order valence-corrected chi connectivity index (χ4v) is 2.26. The van der Waals surface area contributed by atoms with Gasteiger partial charge in [-0.15, -0.1) is 0 Å². The molecule has 2 aromatic rings. The first-order chi connectivity index (χ1) is 8.82. The van der Waals surface area contributed by atoms with E-state index in [-0.39, 0.29) is 17.0 Å². The van der Waals surface area contributed by atoms with Gasteiger partial charge >= 0.3 is 0 Å². The molecule has 0 radical (unpaired) electrons. The van der Waals surface area contributed by atoms with E-state index in [1.807, 2.05) is 6.92 Å². The number of benzene rings is 1. The first kappa shape index (κ1) is 14.0. The van der Waals surface area contributed by atoms with Crippen LogP contribution in [0.25, 0.3) is 11.0 Å². The lowest BCUT2D eigenvalue weighted by atomic mass is 9.85. The van der Waals surface area contributed by atoms with E-state index in [1.165, 1.54) is 6.07 Å². The Bertz CT molecular complexity index is 584.